The summed E-state index contributed by atoms with van der Waals surface area (Å²) in [6, 6.07) is 2.28. The van der Waals surface area contributed by atoms with E-state index in [2.05, 4.69) is 16.3 Å². The van der Waals surface area contributed by atoms with E-state index in [9.17, 15) is 15.2 Å². The summed E-state index contributed by atoms with van der Waals surface area (Å²) >= 11 is 1.58. The van der Waals surface area contributed by atoms with E-state index in [0.29, 0.717) is 18.5 Å². The lowest BCUT2D eigenvalue weighted by molar-refractivity contribution is -0.116. The zero-order chi connectivity index (χ0) is 16.2. The van der Waals surface area contributed by atoms with E-state index in [1.165, 1.54) is 11.3 Å². The van der Waals surface area contributed by atoms with E-state index in [-0.39, 0.29) is 12.0 Å². The molecule has 0 aromatic carbocycles. The number of aryl methyl sites for hydroxylation is 1. The Labute approximate surface area is 140 Å². The first-order chi connectivity index (χ1) is 11.2. The van der Waals surface area contributed by atoms with Gasteiger partial charge in [0.25, 0.3) is 0 Å². The van der Waals surface area contributed by atoms with E-state index in [1.54, 1.807) is 11.3 Å². The first-order valence-electron chi connectivity index (χ1n) is 8.42. The first kappa shape index (κ1) is 16.4. The van der Waals surface area contributed by atoms with Crippen LogP contribution in [0.2, 0.25) is 0 Å². The number of rotatable bonds is 4. The molecule has 0 unspecified atom stereocenters. The number of amides is 1. The molecule has 1 aromatic rings. The second-order valence-electron chi connectivity index (χ2n) is 6.40. The Morgan fingerprint density at radius 3 is 2.83 bits per heavy atom. The van der Waals surface area contributed by atoms with Gasteiger partial charge in [-0.3, -0.25) is 4.79 Å². The van der Waals surface area contributed by atoms with E-state index in [0.717, 1.165) is 55.8 Å². The van der Waals surface area contributed by atoms with E-state index < -0.39 is 0 Å². The molecule has 1 fully saturated rings. The molecule has 6 heteroatoms. The van der Waals surface area contributed by atoms with Gasteiger partial charge in [0.05, 0.1) is 11.7 Å². The van der Waals surface area contributed by atoms with Crippen molar-refractivity contribution in [1.82, 2.24) is 4.90 Å². The Balaban J connectivity index is 1.56. The predicted molar refractivity (Wildman–Crippen MR) is 90.6 cm³/mol. The number of carbonyl (C=O) groups is 1. The normalized spacial score (nSPS) is 19.1. The molecule has 2 heterocycles. The molecule has 0 bridgehead atoms. The maximum Gasteiger partial charge on any atom is 0.226 e. The van der Waals surface area contributed by atoms with Gasteiger partial charge in [0.2, 0.25) is 5.91 Å². The van der Waals surface area contributed by atoms with Crippen LogP contribution in [0.3, 0.4) is 0 Å². The molecule has 1 aromatic heterocycles. The van der Waals surface area contributed by atoms with Crippen LogP contribution in [0.1, 0.15) is 48.1 Å². The molecule has 1 aliphatic carbocycles. The number of thiophene rings is 1. The Bertz CT molecular complexity index is 612. The largest absolute Gasteiger partial charge is 0.393 e. The lowest BCUT2D eigenvalue weighted by Gasteiger charge is -2.29. The summed E-state index contributed by atoms with van der Waals surface area (Å²) in [5.74, 6) is -0.0220. The van der Waals surface area contributed by atoms with Gasteiger partial charge in [-0.1, -0.05) is 0 Å². The van der Waals surface area contributed by atoms with Crippen molar-refractivity contribution in [2.75, 3.05) is 25.0 Å². The minimum atomic E-state index is -0.185. The van der Waals surface area contributed by atoms with Crippen LogP contribution in [0.25, 0.3) is 0 Å². The second-order valence-corrected chi connectivity index (χ2v) is 7.50. The van der Waals surface area contributed by atoms with Gasteiger partial charge in [-0.25, -0.2) is 0 Å². The number of aliphatic hydroxyl groups excluding tert-OH is 1. The number of nitriles is 1. The van der Waals surface area contributed by atoms with Gasteiger partial charge in [0, 0.05) is 30.9 Å². The maximum absolute atomic E-state index is 12.2. The van der Waals surface area contributed by atoms with Crippen LogP contribution in [-0.2, 0) is 17.6 Å². The summed E-state index contributed by atoms with van der Waals surface area (Å²) in [6.07, 6.45) is 6.12. The van der Waals surface area contributed by atoms with Crippen LogP contribution in [0.15, 0.2) is 0 Å². The fourth-order valence-electron chi connectivity index (χ4n) is 3.36. The second kappa shape index (κ2) is 7.43. The van der Waals surface area contributed by atoms with Crippen LogP contribution in [-0.4, -0.2) is 41.7 Å². The Kier molecular flexibility index (Phi) is 5.31. The third kappa shape index (κ3) is 3.92. The standard InChI is InChI=1S/C17H23N3O2S/c18-11-14-13-3-1-2-4-15(13)23-17(14)19-16(22)7-10-20-8-5-12(21)6-9-20/h12,21H,1-10H2,(H,19,22). The van der Waals surface area contributed by atoms with Gasteiger partial charge >= 0.3 is 0 Å². The highest BCUT2D eigenvalue weighted by molar-refractivity contribution is 7.16. The van der Waals surface area contributed by atoms with Crippen molar-refractivity contribution in [1.29, 1.82) is 5.26 Å². The van der Waals surface area contributed by atoms with Crippen molar-refractivity contribution in [3.05, 3.63) is 16.0 Å². The summed E-state index contributed by atoms with van der Waals surface area (Å²) < 4.78 is 0. The number of nitrogens with zero attached hydrogens (tertiary/aromatic N) is 2. The molecule has 2 N–H and O–H groups in total. The zero-order valence-electron chi connectivity index (χ0n) is 13.3. The molecular weight excluding hydrogens is 310 g/mol. The molecule has 0 radical (unpaired) electrons. The summed E-state index contributed by atoms with van der Waals surface area (Å²) in [7, 11) is 0. The Hall–Kier alpha value is -1.42. The summed E-state index contributed by atoms with van der Waals surface area (Å²) in [5.41, 5.74) is 1.84. The third-order valence-electron chi connectivity index (χ3n) is 4.75. The topological polar surface area (TPSA) is 76.4 Å². The van der Waals surface area contributed by atoms with Gasteiger partial charge in [-0.2, -0.15) is 5.26 Å². The van der Waals surface area contributed by atoms with Crippen LogP contribution < -0.4 is 5.32 Å². The summed E-state index contributed by atoms with van der Waals surface area (Å²) in [4.78, 5) is 15.7. The average molecular weight is 333 g/mol. The highest BCUT2D eigenvalue weighted by atomic mass is 32.1. The monoisotopic (exact) mass is 333 g/mol. The van der Waals surface area contributed by atoms with Crippen molar-refractivity contribution in [2.24, 2.45) is 0 Å². The van der Waals surface area contributed by atoms with Gasteiger partial charge in [0.15, 0.2) is 0 Å². The fourth-order valence-corrected chi connectivity index (χ4v) is 4.62. The lowest BCUT2D eigenvalue weighted by atomic mass is 9.96. The smallest absolute Gasteiger partial charge is 0.226 e. The SMILES string of the molecule is N#Cc1c(NC(=O)CCN2CCC(O)CC2)sc2c1CCCC2. The number of anilines is 1. The van der Waals surface area contributed by atoms with Crippen molar-refractivity contribution in [3.8, 4) is 6.07 Å². The molecule has 1 saturated heterocycles. The number of nitrogens with one attached hydrogen (secondary N) is 1. The van der Waals surface area contributed by atoms with E-state index in [4.69, 9.17) is 0 Å². The minimum Gasteiger partial charge on any atom is -0.393 e. The fraction of sp³-hybridized carbons (Fsp3) is 0.647. The molecule has 2 aliphatic rings. The van der Waals surface area contributed by atoms with E-state index in [1.807, 2.05) is 0 Å². The van der Waals surface area contributed by atoms with Crippen molar-refractivity contribution in [2.45, 2.75) is 51.0 Å². The molecule has 0 saturated carbocycles. The number of likely N-dealkylation sites (tertiary alicyclic amines) is 1. The molecule has 0 atom stereocenters. The quantitative estimate of drug-likeness (QED) is 0.886. The molecule has 1 aliphatic heterocycles. The van der Waals surface area contributed by atoms with Gasteiger partial charge < -0.3 is 15.3 Å². The van der Waals surface area contributed by atoms with Crippen molar-refractivity contribution >= 4 is 22.2 Å². The summed E-state index contributed by atoms with van der Waals surface area (Å²) in [5, 5.41) is 22.6. The Morgan fingerprint density at radius 2 is 2.09 bits per heavy atom. The Morgan fingerprint density at radius 1 is 1.35 bits per heavy atom. The highest BCUT2D eigenvalue weighted by Gasteiger charge is 2.22. The third-order valence-corrected chi connectivity index (χ3v) is 5.96. The minimum absolute atomic E-state index is 0.0220. The molecule has 124 valence electrons. The lowest BCUT2D eigenvalue weighted by Crippen LogP contribution is -2.37. The predicted octanol–water partition coefficient (Wildman–Crippen LogP) is 2.28. The van der Waals surface area contributed by atoms with Crippen LogP contribution >= 0.6 is 11.3 Å². The molecule has 5 nitrogen and oxygen atoms in total. The van der Waals surface area contributed by atoms with Crippen LogP contribution in [0, 0.1) is 11.3 Å². The zero-order valence-corrected chi connectivity index (χ0v) is 14.1. The number of aliphatic hydroxyl groups is 1. The number of carbonyl (C=O) groups excluding carboxylic acids is 1. The van der Waals surface area contributed by atoms with Gasteiger partial charge in [0.1, 0.15) is 11.1 Å². The average Bonchev–Trinajstić information content (AvgIpc) is 2.91. The molecule has 23 heavy (non-hydrogen) atoms. The van der Waals surface area contributed by atoms with Gasteiger partial charge in [-0.15, -0.1) is 11.3 Å². The number of hydrogen-bond acceptors (Lipinski definition) is 5. The van der Waals surface area contributed by atoms with Crippen LogP contribution in [0.5, 0.6) is 0 Å². The van der Waals surface area contributed by atoms with Crippen molar-refractivity contribution < 1.29 is 9.90 Å². The highest BCUT2D eigenvalue weighted by Crippen LogP contribution is 2.37. The molecule has 0 spiro atoms. The van der Waals surface area contributed by atoms with Crippen molar-refractivity contribution in [3.63, 3.8) is 0 Å². The number of piperidine rings is 1. The number of hydrogen-bond donors (Lipinski definition) is 2. The van der Waals surface area contributed by atoms with E-state index >= 15 is 0 Å². The molecule has 3 rings (SSSR count). The maximum atomic E-state index is 12.2. The molecule has 1 amide bonds. The first-order valence-corrected chi connectivity index (χ1v) is 9.24. The summed E-state index contributed by atoms with van der Waals surface area (Å²) in [6.45, 7) is 2.42. The number of fused-ring (bicyclic) bond motifs is 1. The molecular formula is C17H23N3O2S. The van der Waals surface area contributed by atoms with Crippen LogP contribution in [0.4, 0.5) is 5.00 Å². The van der Waals surface area contributed by atoms with Gasteiger partial charge in [-0.05, 0) is 44.1 Å².